The van der Waals surface area contributed by atoms with E-state index in [1.54, 1.807) is 0 Å². The van der Waals surface area contributed by atoms with E-state index in [2.05, 4.69) is 10.2 Å². The summed E-state index contributed by atoms with van der Waals surface area (Å²) in [6.45, 7) is 0. The van der Waals surface area contributed by atoms with Gasteiger partial charge in [-0.05, 0) is 24.3 Å². The van der Waals surface area contributed by atoms with Crippen LogP contribution in [0.1, 0.15) is 0 Å². The first kappa shape index (κ1) is 14.9. The van der Waals surface area contributed by atoms with Gasteiger partial charge in [-0.3, -0.25) is 0 Å². The van der Waals surface area contributed by atoms with Gasteiger partial charge in [-0.2, -0.15) is 5.11 Å². The molecule has 0 saturated heterocycles. The average Bonchev–Trinajstić information content (AvgIpc) is 2.38. The van der Waals surface area contributed by atoms with Crippen LogP contribution in [-0.4, -0.2) is 43.7 Å². The average molecular weight is 248 g/mol. The fourth-order valence-corrected chi connectivity index (χ4v) is 1.53. The number of para-hydroxylation sites is 1. The van der Waals surface area contributed by atoms with Crippen LogP contribution in [0, 0.1) is 0 Å². The van der Waals surface area contributed by atoms with Crippen LogP contribution < -0.4 is 4.90 Å². The van der Waals surface area contributed by atoms with Crippen molar-refractivity contribution >= 4 is 46.6 Å². The summed E-state index contributed by atoms with van der Waals surface area (Å²) in [7, 11) is 3.99. The number of nitrogens with zero attached hydrogens (tertiary/aromatic N) is 3. The van der Waals surface area contributed by atoms with Crippen LogP contribution in [0.4, 0.5) is 17.1 Å². The van der Waals surface area contributed by atoms with Crippen LogP contribution in [0.5, 0.6) is 0 Å². The van der Waals surface area contributed by atoms with Crippen LogP contribution >= 0.6 is 0 Å². The largest absolute Gasteiger partial charge is 0.376 e. The number of benzene rings is 2. The molecule has 0 atom stereocenters. The van der Waals surface area contributed by atoms with E-state index < -0.39 is 0 Å². The Kier molecular flexibility index (Phi) is 6.05. The van der Waals surface area contributed by atoms with E-state index in [-0.39, 0.29) is 29.6 Å². The van der Waals surface area contributed by atoms with Crippen LogP contribution in [0.2, 0.25) is 0 Å². The van der Waals surface area contributed by atoms with Gasteiger partial charge in [0.05, 0.1) is 11.4 Å². The van der Waals surface area contributed by atoms with Gasteiger partial charge in [0.2, 0.25) is 0 Å². The molecule has 0 aliphatic rings. The fourth-order valence-electron chi connectivity index (χ4n) is 1.53. The predicted octanol–water partition coefficient (Wildman–Crippen LogP) is 3.79. The first-order valence-corrected chi connectivity index (χ1v) is 5.50. The molecule has 0 spiro atoms. The Morgan fingerprint density at radius 1 is 0.778 bits per heavy atom. The summed E-state index contributed by atoms with van der Waals surface area (Å²) in [6, 6.07) is 17.7. The summed E-state index contributed by atoms with van der Waals surface area (Å²) in [5, 5.41) is 8.50. The SMILES string of the molecule is CN(C)c1ccccc1N=Nc1ccccc1.[Na]. The Morgan fingerprint density at radius 3 is 2.06 bits per heavy atom. The van der Waals surface area contributed by atoms with Crippen molar-refractivity contribution < 1.29 is 0 Å². The maximum Gasteiger partial charge on any atom is 0.109 e. The first-order valence-electron chi connectivity index (χ1n) is 5.50. The standard InChI is InChI=1S/C14H15N3.Na/c1-17(2)14-11-7-6-10-13(14)16-15-12-8-4-3-5-9-12;/h3-11H,1-2H3;. The van der Waals surface area contributed by atoms with E-state index in [9.17, 15) is 0 Å². The Balaban J connectivity index is 0.00000162. The number of rotatable bonds is 3. The summed E-state index contributed by atoms with van der Waals surface area (Å²) in [5.74, 6) is 0. The van der Waals surface area contributed by atoms with E-state index in [1.807, 2.05) is 73.6 Å². The van der Waals surface area contributed by atoms with Crippen LogP contribution in [0.25, 0.3) is 0 Å². The minimum atomic E-state index is 0. The zero-order valence-electron chi connectivity index (χ0n) is 11.0. The van der Waals surface area contributed by atoms with E-state index >= 15 is 0 Å². The molecular weight excluding hydrogens is 233 g/mol. The number of hydrogen-bond acceptors (Lipinski definition) is 3. The van der Waals surface area contributed by atoms with Gasteiger partial charge in [0, 0.05) is 43.7 Å². The third kappa shape index (κ3) is 3.95. The van der Waals surface area contributed by atoms with Crippen molar-refractivity contribution in [3.63, 3.8) is 0 Å². The number of azo groups is 1. The van der Waals surface area contributed by atoms with E-state index in [1.165, 1.54) is 0 Å². The second-order valence-electron chi connectivity index (χ2n) is 3.92. The van der Waals surface area contributed by atoms with E-state index in [0.717, 1.165) is 17.1 Å². The van der Waals surface area contributed by atoms with Gasteiger partial charge in [-0.15, -0.1) is 5.11 Å². The molecule has 0 aromatic heterocycles. The van der Waals surface area contributed by atoms with Gasteiger partial charge in [0.15, 0.2) is 0 Å². The molecule has 87 valence electrons. The Labute approximate surface area is 130 Å². The molecule has 18 heavy (non-hydrogen) atoms. The topological polar surface area (TPSA) is 28.0 Å². The van der Waals surface area contributed by atoms with Crippen molar-refractivity contribution in [3.05, 3.63) is 54.6 Å². The molecule has 0 aliphatic carbocycles. The Bertz CT molecular complexity index is 509. The smallest absolute Gasteiger partial charge is 0.109 e. The summed E-state index contributed by atoms with van der Waals surface area (Å²) in [4.78, 5) is 2.03. The van der Waals surface area contributed by atoms with Crippen molar-refractivity contribution in [2.24, 2.45) is 10.2 Å². The monoisotopic (exact) mass is 248 g/mol. The molecule has 2 rings (SSSR count). The van der Waals surface area contributed by atoms with Crippen molar-refractivity contribution in [2.45, 2.75) is 0 Å². The molecule has 2 aromatic carbocycles. The zero-order chi connectivity index (χ0) is 12.1. The fraction of sp³-hybridized carbons (Fsp3) is 0.143. The van der Waals surface area contributed by atoms with Crippen LogP contribution in [-0.2, 0) is 0 Å². The molecule has 0 amide bonds. The summed E-state index contributed by atoms with van der Waals surface area (Å²) in [5.41, 5.74) is 2.80. The van der Waals surface area contributed by atoms with E-state index in [0.29, 0.717) is 0 Å². The van der Waals surface area contributed by atoms with Gasteiger partial charge in [0.25, 0.3) is 0 Å². The molecule has 3 nitrogen and oxygen atoms in total. The summed E-state index contributed by atoms with van der Waals surface area (Å²) < 4.78 is 0. The van der Waals surface area contributed by atoms with Crippen molar-refractivity contribution in [3.8, 4) is 0 Å². The molecule has 4 heteroatoms. The van der Waals surface area contributed by atoms with Gasteiger partial charge in [-0.25, -0.2) is 0 Å². The van der Waals surface area contributed by atoms with Crippen molar-refractivity contribution in [1.82, 2.24) is 0 Å². The van der Waals surface area contributed by atoms with Crippen LogP contribution in [0.3, 0.4) is 0 Å². The minimum Gasteiger partial charge on any atom is -0.376 e. The third-order valence-corrected chi connectivity index (χ3v) is 2.39. The summed E-state index contributed by atoms with van der Waals surface area (Å²) >= 11 is 0. The molecule has 0 aliphatic heterocycles. The molecular formula is C14H15N3Na. The first-order chi connectivity index (χ1) is 8.27. The number of hydrogen-bond donors (Lipinski definition) is 0. The normalized spacial score (nSPS) is 10.1. The Morgan fingerprint density at radius 2 is 1.39 bits per heavy atom. The Hall–Kier alpha value is -1.16. The van der Waals surface area contributed by atoms with Gasteiger partial charge in [-0.1, -0.05) is 30.3 Å². The third-order valence-electron chi connectivity index (χ3n) is 2.39. The minimum absolute atomic E-state index is 0. The predicted molar refractivity (Wildman–Crippen MR) is 77.1 cm³/mol. The maximum absolute atomic E-state index is 4.28. The van der Waals surface area contributed by atoms with Gasteiger partial charge < -0.3 is 4.90 Å². The second kappa shape index (κ2) is 7.31. The van der Waals surface area contributed by atoms with Gasteiger partial charge in [0.1, 0.15) is 5.69 Å². The molecule has 0 unspecified atom stereocenters. The molecule has 0 bridgehead atoms. The zero-order valence-corrected chi connectivity index (χ0v) is 13.0. The molecule has 0 heterocycles. The quantitative estimate of drug-likeness (QED) is 0.600. The maximum atomic E-state index is 4.28. The molecule has 1 radical (unpaired) electrons. The van der Waals surface area contributed by atoms with Crippen molar-refractivity contribution in [2.75, 3.05) is 19.0 Å². The second-order valence-corrected chi connectivity index (χ2v) is 3.92. The van der Waals surface area contributed by atoms with E-state index in [4.69, 9.17) is 0 Å². The van der Waals surface area contributed by atoms with Gasteiger partial charge >= 0.3 is 0 Å². The molecule has 0 saturated carbocycles. The number of anilines is 1. The molecule has 2 aromatic rings. The molecule has 0 fully saturated rings. The van der Waals surface area contributed by atoms with Crippen LogP contribution in [0.15, 0.2) is 64.8 Å². The summed E-state index contributed by atoms with van der Waals surface area (Å²) in [6.07, 6.45) is 0. The molecule has 0 N–H and O–H groups in total. The van der Waals surface area contributed by atoms with Crippen molar-refractivity contribution in [1.29, 1.82) is 0 Å².